The van der Waals surface area contributed by atoms with Gasteiger partial charge < -0.3 is 4.90 Å². The monoisotopic (exact) mass is 356 g/mol. The summed E-state index contributed by atoms with van der Waals surface area (Å²) in [4.78, 5) is 19.2. The van der Waals surface area contributed by atoms with Gasteiger partial charge in [-0.25, -0.2) is 4.98 Å². The Morgan fingerprint density at radius 3 is 2.54 bits per heavy atom. The number of rotatable bonds is 5. The minimum absolute atomic E-state index is 0.0877. The average Bonchev–Trinajstić information content (AvgIpc) is 3.17. The summed E-state index contributed by atoms with van der Waals surface area (Å²) >= 11 is 3.25. The van der Waals surface area contributed by atoms with Crippen molar-refractivity contribution in [1.29, 1.82) is 0 Å². The first kappa shape index (κ1) is 16.9. The summed E-state index contributed by atoms with van der Waals surface area (Å²) in [6.07, 6.45) is 0.335. The van der Waals surface area contributed by atoms with E-state index in [1.54, 1.807) is 22.7 Å². The molecule has 24 heavy (non-hydrogen) atoms. The van der Waals surface area contributed by atoms with Crippen LogP contribution < -0.4 is 4.90 Å². The molecule has 0 aliphatic heterocycles. The SMILES string of the molecule is CCN(C(=O)Cc1csc(-c2ccsc2)n1)c1cc(C)cc(C)c1. The standard InChI is InChI=1S/C19H20N2OS2/c1-4-21(17-8-13(2)7-14(3)9-17)18(22)10-16-12-24-19(20-16)15-5-6-23-11-15/h5-9,11-12H,4,10H2,1-3H3. The Morgan fingerprint density at radius 1 is 1.17 bits per heavy atom. The lowest BCUT2D eigenvalue weighted by Crippen LogP contribution is -2.32. The van der Waals surface area contributed by atoms with Crippen LogP contribution in [0.25, 0.3) is 10.6 Å². The number of thiophene rings is 1. The van der Waals surface area contributed by atoms with Crippen LogP contribution in [-0.4, -0.2) is 17.4 Å². The van der Waals surface area contributed by atoms with Crippen LogP contribution in [0.4, 0.5) is 5.69 Å². The lowest BCUT2D eigenvalue weighted by atomic mass is 10.1. The lowest BCUT2D eigenvalue weighted by molar-refractivity contribution is -0.118. The van der Waals surface area contributed by atoms with Crippen LogP contribution in [0.5, 0.6) is 0 Å². The molecule has 3 rings (SSSR count). The smallest absolute Gasteiger partial charge is 0.233 e. The van der Waals surface area contributed by atoms with Crippen LogP contribution in [0.15, 0.2) is 40.4 Å². The average molecular weight is 357 g/mol. The zero-order chi connectivity index (χ0) is 17.1. The number of aryl methyl sites for hydroxylation is 2. The molecule has 2 aromatic heterocycles. The summed E-state index contributed by atoms with van der Waals surface area (Å²) in [6, 6.07) is 8.30. The highest BCUT2D eigenvalue weighted by Crippen LogP contribution is 2.26. The fourth-order valence-corrected chi connectivity index (χ4v) is 4.30. The van der Waals surface area contributed by atoms with Crippen LogP contribution in [0, 0.1) is 13.8 Å². The highest BCUT2D eigenvalue weighted by molar-refractivity contribution is 7.14. The van der Waals surface area contributed by atoms with E-state index in [-0.39, 0.29) is 5.91 Å². The summed E-state index contributed by atoms with van der Waals surface area (Å²) < 4.78 is 0. The molecule has 0 spiro atoms. The van der Waals surface area contributed by atoms with Crippen molar-refractivity contribution in [2.24, 2.45) is 0 Å². The molecule has 0 aliphatic rings. The number of hydrogen-bond acceptors (Lipinski definition) is 4. The predicted octanol–water partition coefficient (Wildman–Crippen LogP) is 5.08. The zero-order valence-corrected chi connectivity index (χ0v) is 15.7. The fraction of sp³-hybridized carbons (Fsp3) is 0.263. The Morgan fingerprint density at radius 2 is 1.92 bits per heavy atom. The number of carbonyl (C=O) groups excluding carboxylic acids is 1. The molecule has 0 aliphatic carbocycles. The van der Waals surface area contributed by atoms with Crippen molar-refractivity contribution in [2.75, 3.05) is 11.4 Å². The van der Waals surface area contributed by atoms with Gasteiger partial charge in [0.2, 0.25) is 5.91 Å². The second-order valence-corrected chi connectivity index (χ2v) is 7.45. The van der Waals surface area contributed by atoms with Gasteiger partial charge in [0.1, 0.15) is 5.01 Å². The summed E-state index contributed by atoms with van der Waals surface area (Å²) in [6.45, 7) is 6.78. The summed E-state index contributed by atoms with van der Waals surface area (Å²) in [5.41, 5.74) is 5.28. The zero-order valence-electron chi connectivity index (χ0n) is 14.1. The first-order chi connectivity index (χ1) is 11.6. The van der Waals surface area contributed by atoms with Crippen molar-refractivity contribution in [1.82, 2.24) is 4.98 Å². The second kappa shape index (κ2) is 7.28. The summed E-state index contributed by atoms with van der Waals surface area (Å²) in [7, 11) is 0. The van der Waals surface area contributed by atoms with Gasteiger partial charge in [0, 0.05) is 28.6 Å². The molecular formula is C19H20N2OS2. The van der Waals surface area contributed by atoms with Crippen molar-refractivity contribution in [3.05, 3.63) is 57.2 Å². The van der Waals surface area contributed by atoms with Gasteiger partial charge in [0.15, 0.2) is 0 Å². The Balaban J connectivity index is 1.77. The van der Waals surface area contributed by atoms with Gasteiger partial charge in [0.25, 0.3) is 0 Å². The Hall–Kier alpha value is -1.98. The number of amides is 1. The van der Waals surface area contributed by atoms with Gasteiger partial charge in [-0.1, -0.05) is 6.07 Å². The van der Waals surface area contributed by atoms with E-state index in [1.807, 2.05) is 22.6 Å². The fourth-order valence-electron chi connectivity index (χ4n) is 2.77. The van der Waals surface area contributed by atoms with E-state index in [0.29, 0.717) is 13.0 Å². The van der Waals surface area contributed by atoms with Gasteiger partial charge in [-0.3, -0.25) is 4.79 Å². The van der Waals surface area contributed by atoms with Crippen LogP contribution >= 0.6 is 22.7 Å². The third kappa shape index (κ3) is 3.74. The van der Waals surface area contributed by atoms with E-state index in [2.05, 4.69) is 48.5 Å². The van der Waals surface area contributed by atoms with Crippen molar-refractivity contribution in [2.45, 2.75) is 27.2 Å². The molecule has 0 saturated heterocycles. The van der Waals surface area contributed by atoms with Crippen LogP contribution in [0.2, 0.25) is 0 Å². The number of benzene rings is 1. The largest absolute Gasteiger partial charge is 0.312 e. The van der Waals surface area contributed by atoms with E-state index in [0.717, 1.165) is 22.0 Å². The summed E-state index contributed by atoms with van der Waals surface area (Å²) in [5, 5.41) is 7.09. The number of likely N-dealkylation sites (N-methyl/N-ethyl adjacent to an activating group) is 1. The number of nitrogens with zero attached hydrogens (tertiary/aromatic N) is 2. The Bertz CT molecular complexity index is 817. The Labute approximate surface area is 150 Å². The van der Waals surface area contributed by atoms with Gasteiger partial charge in [-0.2, -0.15) is 11.3 Å². The molecule has 0 radical (unpaired) electrons. The van der Waals surface area contributed by atoms with Crippen molar-refractivity contribution >= 4 is 34.3 Å². The minimum Gasteiger partial charge on any atom is -0.312 e. The van der Waals surface area contributed by atoms with Crippen molar-refractivity contribution in [3.63, 3.8) is 0 Å². The molecule has 124 valence electrons. The molecule has 1 amide bonds. The second-order valence-electron chi connectivity index (χ2n) is 5.82. The van der Waals surface area contributed by atoms with E-state index in [9.17, 15) is 4.79 Å². The first-order valence-electron chi connectivity index (χ1n) is 7.92. The molecule has 1 aromatic carbocycles. The molecule has 2 heterocycles. The molecule has 0 atom stereocenters. The maximum Gasteiger partial charge on any atom is 0.233 e. The van der Waals surface area contributed by atoms with Gasteiger partial charge in [0.05, 0.1) is 12.1 Å². The molecule has 0 bridgehead atoms. The number of thiazole rings is 1. The van der Waals surface area contributed by atoms with Crippen LogP contribution in [-0.2, 0) is 11.2 Å². The number of carbonyl (C=O) groups is 1. The van der Waals surface area contributed by atoms with Gasteiger partial charge >= 0.3 is 0 Å². The lowest BCUT2D eigenvalue weighted by Gasteiger charge is -2.21. The van der Waals surface area contributed by atoms with Crippen molar-refractivity contribution in [3.8, 4) is 10.6 Å². The van der Waals surface area contributed by atoms with Crippen LogP contribution in [0.3, 0.4) is 0 Å². The van der Waals surface area contributed by atoms with Gasteiger partial charge in [-0.15, -0.1) is 11.3 Å². The number of anilines is 1. The highest BCUT2D eigenvalue weighted by atomic mass is 32.1. The van der Waals surface area contributed by atoms with Crippen LogP contribution in [0.1, 0.15) is 23.7 Å². The first-order valence-corrected chi connectivity index (χ1v) is 9.74. The summed E-state index contributed by atoms with van der Waals surface area (Å²) in [5.74, 6) is 0.0877. The molecular weight excluding hydrogens is 336 g/mol. The normalized spacial score (nSPS) is 10.8. The third-order valence-electron chi connectivity index (χ3n) is 3.79. The van der Waals surface area contributed by atoms with E-state index in [4.69, 9.17) is 0 Å². The predicted molar refractivity (Wildman–Crippen MR) is 103 cm³/mol. The third-order valence-corrected chi connectivity index (χ3v) is 5.41. The maximum absolute atomic E-state index is 12.8. The molecule has 3 aromatic rings. The Kier molecular flexibility index (Phi) is 5.11. The minimum atomic E-state index is 0.0877. The van der Waals surface area contributed by atoms with E-state index < -0.39 is 0 Å². The quantitative estimate of drug-likeness (QED) is 0.638. The molecule has 3 nitrogen and oxygen atoms in total. The number of aromatic nitrogens is 1. The van der Waals surface area contributed by atoms with E-state index >= 15 is 0 Å². The number of hydrogen-bond donors (Lipinski definition) is 0. The molecule has 0 saturated carbocycles. The van der Waals surface area contributed by atoms with Gasteiger partial charge in [-0.05, 0) is 55.5 Å². The molecule has 0 fully saturated rings. The molecule has 5 heteroatoms. The topological polar surface area (TPSA) is 33.2 Å². The molecule has 0 unspecified atom stereocenters. The molecule has 0 N–H and O–H groups in total. The maximum atomic E-state index is 12.8. The van der Waals surface area contributed by atoms with E-state index in [1.165, 1.54) is 11.1 Å². The van der Waals surface area contributed by atoms with Crippen molar-refractivity contribution < 1.29 is 4.79 Å². The highest BCUT2D eigenvalue weighted by Gasteiger charge is 2.17.